The van der Waals surface area contributed by atoms with E-state index in [1.807, 2.05) is 36.6 Å². The van der Waals surface area contributed by atoms with Crippen LogP contribution < -0.4 is 5.32 Å². The summed E-state index contributed by atoms with van der Waals surface area (Å²) in [5, 5.41) is 4.90. The van der Waals surface area contributed by atoms with Gasteiger partial charge in [-0.15, -0.1) is 11.3 Å². The first-order chi connectivity index (χ1) is 13.0. The van der Waals surface area contributed by atoms with Crippen LogP contribution in [0.5, 0.6) is 0 Å². The number of hydrogen-bond donors (Lipinski definition) is 1. The topological polar surface area (TPSA) is 46.2 Å². The number of Topliss-reactive ketones (excluding diaryl/α,β-unsaturated/α-hetero) is 1. The van der Waals surface area contributed by atoms with Crippen LogP contribution in [-0.2, 0) is 4.79 Å². The van der Waals surface area contributed by atoms with Crippen LogP contribution in [0.2, 0.25) is 0 Å². The number of aryl methyl sites for hydroxylation is 1. The van der Waals surface area contributed by atoms with E-state index in [4.69, 9.17) is 0 Å². The summed E-state index contributed by atoms with van der Waals surface area (Å²) in [6.45, 7) is 1.96. The summed E-state index contributed by atoms with van der Waals surface area (Å²) in [7, 11) is 0. The zero-order valence-corrected chi connectivity index (χ0v) is 15.8. The third-order valence-corrected chi connectivity index (χ3v) is 5.23. The number of hydrogen-bond acceptors (Lipinski definition) is 3. The molecular formula is C22H20FNO2S. The van der Waals surface area contributed by atoms with E-state index in [1.165, 1.54) is 23.5 Å². The molecule has 0 radical (unpaired) electrons. The molecule has 3 nitrogen and oxygen atoms in total. The summed E-state index contributed by atoms with van der Waals surface area (Å²) in [6.07, 6.45) is 0.255. The van der Waals surface area contributed by atoms with Crippen molar-refractivity contribution >= 4 is 23.0 Å². The Kier molecular flexibility index (Phi) is 6.14. The number of carbonyl (C=O) groups excluding carboxylic acids is 2. The van der Waals surface area contributed by atoms with Gasteiger partial charge in [-0.05, 0) is 36.1 Å². The Balaban J connectivity index is 1.65. The fraction of sp³-hybridized carbons (Fsp3) is 0.182. The van der Waals surface area contributed by atoms with Gasteiger partial charge in [-0.25, -0.2) is 4.39 Å². The maximum Gasteiger partial charge on any atom is 0.221 e. The molecule has 0 spiro atoms. The number of benzene rings is 2. The largest absolute Gasteiger partial charge is 0.344 e. The molecule has 0 saturated heterocycles. The van der Waals surface area contributed by atoms with Crippen LogP contribution in [0.15, 0.2) is 66.0 Å². The molecule has 1 aromatic heterocycles. The van der Waals surface area contributed by atoms with Crippen molar-refractivity contribution in [1.82, 2.24) is 5.32 Å². The molecule has 0 fully saturated rings. The molecule has 0 saturated carbocycles. The minimum absolute atomic E-state index is 0.0559. The fourth-order valence-corrected chi connectivity index (χ4v) is 3.58. The van der Waals surface area contributed by atoms with Gasteiger partial charge in [0.2, 0.25) is 5.91 Å². The van der Waals surface area contributed by atoms with Gasteiger partial charge in [-0.1, -0.05) is 48.0 Å². The van der Waals surface area contributed by atoms with Crippen LogP contribution in [0, 0.1) is 12.7 Å². The van der Waals surface area contributed by atoms with Crippen LogP contribution in [0.3, 0.4) is 0 Å². The molecule has 2 aromatic carbocycles. The van der Waals surface area contributed by atoms with E-state index in [0.29, 0.717) is 5.56 Å². The van der Waals surface area contributed by atoms with Crippen molar-refractivity contribution in [2.75, 3.05) is 0 Å². The highest BCUT2D eigenvalue weighted by molar-refractivity contribution is 7.10. The molecule has 0 aliphatic heterocycles. The molecule has 1 atom stereocenters. The van der Waals surface area contributed by atoms with Gasteiger partial charge < -0.3 is 5.32 Å². The normalized spacial score (nSPS) is 11.8. The quantitative estimate of drug-likeness (QED) is 0.581. The van der Waals surface area contributed by atoms with Gasteiger partial charge in [0, 0.05) is 23.3 Å². The van der Waals surface area contributed by atoms with Gasteiger partial charge >= 0.3 is 0 Å². The Labute approximate surface area is 161 Å². The lowest BCUT2D eigenvalue weighted by Crippen LogP contribution is -2.29. The number of ketones is 1. The molecule has 1 amide bonds. The minimum atomic E-state index is -0.354. The summed E-state index contributed by atoms with van der Waals surface area (Å²) in [4.78, 5) is 25.7. The standard InChI is InChI=1S/C22H20FNO2S/c1-15-4-6-16(7-5-15)19(25)12-13-21(26)24-22(20-3-2-14-27-20)17-8-10-18(23)11-9-17/h2-11,14,22H,12-13H2,1H3,(H,24,26). The van der Waals surface area contributed by atoms with Crippen molar-refractivity contribution in [3.8, 4) is 0 Å². The second-order valence-electron chi connectivity index (χ2n) is 6.36. The lowest BCUT2D eigenvalue weighted by atomic mass is 10.0. The SMILES string of the molecule is Cc1ccc(C(=O)CCC(=O)NC(c2ccc(F)cc2)c2cccs2)cc1. The average Bonchev–Trinajstić information content (AvgIpc) is 3.20. The van der Waals surface area contributed by atoms with E-state index in [1.54, 1.807) is 24.3 Å². The summed E-state index contributed by atoms with van der Waals surface area (Å²) in [6, 6.07) is 16.9. The molecule has 3 aromatic rings. The van der Waals surface area contributed by atoms with Crippen LogP contribution in [0.4, 0.5) is 4.39 Å². The van der Waals surface area contributed by atoms with Crippen molar-refractivity contribution in [1.29, 1.82) is 0 Å². The molecule has 0 bridgehead atoms. The number of halogens is 1. The number of thiophene rings is 1. The molecule has 1 unspecified atom stereocenters. The van der Waals surface area contributed by atoms with Gasteiger partial charge in [0.05, 0.1) is 6.04 Å². The molecule has 1 N–H and O–H groups in total. The Hall–Kier alpha value is -2.79. The van der Waals surface area contributed by atoms with E-state index < -0.39 is 0 Å². The van der Waals surface area contributed by atoms with E-state index in [9.17, 15) is 14.0 Å². The molecular weight excluding hydrogens is 361 g/mol. The van der Waals surface area contributed by atoms with Crippen molar-refractivity contribution in [3.05, 3.63) is 93.4 Å². The van der Waals surface area contributed by atoms with Crippen LogP contribution >= 0.6 is 11.3 Å². The average molecular weight is 381 g/mol. The second-order valence-corrected chi connectivity index (χ2v) is 7.34. The monoisotopic (exact) mass is 381 g/mol. The number of nitrogens with one attached hydrogen (secondary N) is 1. The summed E-state index contributed by atoms with van der Waals surface area (Å²) in [5.74, 6) is -0.587. The number of amides is 1. The van der Waals surface area contributed by atoms with Gasteiger partial charge in [0.1, 0.15) is 5.82 Å². The first-order valence-corrected chi connectivity index (χ1v) is 9.59. The van der Waals surface area contributed by atoms with Crippen molar-refractivity contribution < 1.29 is 14.0 Å². The summed E-state index contributed by atoms with van der Waals surface area (Å²) in [5.41, 5.74) is 2.50. The molecule has 3 rings (SSSR count). The van der Waals surface area contributed by atoms with Crippen LogP contribution in [0.25, 0.3) is 0 Å². The first kappa shape index (κ1) is 19.0. The lowest BCUT2D eigenvalue weighted by Gasteiger charge is -2.18. The molecule has 0 aliphatic carbocycles. The van der Waals surface area contributed by atoms with E-state index >= 15 is 0 Å². The van der Waals surface area contributed by atoms with Gasteiger partial charge in [-0.3, -0.25) is 9.59 Å². The van der Waals surface area contributed by atoms with Gasteiger partial charge in [0.15, 0.2) is 5.78 Å². The van der Waals surface area contributed by atoms with Crippen LogP contribution in [0.1, 0.15) is 45.2 Å². The third kappa shape index (κ3) is 5.11. The molecule has 138 valence electrons. The second kappa shape index (κ2) is 8.73. The molecule has 27 heavy (non-hydrogen) atoms. The molecule has 5 heteroatoms. The smallest absolute Gasteiger partial charge is 0.221 e. The highest BCUT2D eigenvalue weighted by Crippen LogP contribution is 2.26. The van der Waals surface area contributed by atoms with E-state index in [-0.39, 0.29) is 36.4 Å². The first-order valence-electron chi connectivity index (χ1n) is 8.71. The van der Waals surface area contributed by atoms with Crippen LogP contribution in [-0.4, -0.2) is 11.7 Å². The number of carbonyl (C=O) groups is 2. The van der Waals surface area contributed by atoms with Gasteiger partial charge in [0.25, 0.3) is 0 Å². The highest BCUT2D eigenvalue weighted by Gasteiger charge is 2.19. The lowest BCUT2D eigenvalue weighted by molar-refractivity contribution is -0.121. The van der Waals surface area contributed by atoms with Gasteiger partial charge in [-0.2, -0.15) is 0 Å². The minimum Gasteiger partial charge on any atom is -0.344 e. The third-order valence-electron chi connectivity index (χ3n) is 4.29. The Morgan fingerprint density at radius 3 is 2.33 bits per heavy atom. The Bertz CT molecular complexity index is 903. The van der Waals surface area contributed by atoms with Crippen molar-refractivity contribution in [2.45, 2.75) is 25.8 Å². The maximum atomic E-state index is 13.2. The fourth-order valence-electron chi connectivity index (χ4n) is 2.77. The maximum absolute atomic E-state index is 13.2. The zero-order chi connectivity index (χ0) is 19.2. The van der Waals surface area contributed by atoms with Crippen molar-refractivity contribution in [2.24, 2.45) is 0 Å². The Morgan fingerprint density at radius 1 is 1.00 bits per heavy atom. The van der Waals surface area contributed by atoms with Crippen molar-refractivity contribution in [3.63, 3.8) is 0 Å². The molecule has 0 aliphatic rings. The predicted molar refractivity (Wildman–Crippen MR) is 105 cm³/mol. The zero-order valence-electron chi connectivity index (χ0n) is 14.9. The Morgan fingerprint density at radius 2 is 1.70 bits per heavy atom. The predicted octanol–water partition coefficient (Wildman–Crippen LogP) is 5.06. The number of rotatable bonds is 7. The van der Waals surface area contributed by atoms with E-state index in [2.05, 4.69) is 5.32 Å². The summed E-state index contributed by atoms with van der Waals surface area (Å²) >= 11 is 1.52. The highest BCUT2D eigenvalue weighted by atomic mass is 32.1. The summed E-state index contributed by atoms with van der Waals surface area (Å²) < 4.78 is 13.2. The van der Waals surface area contributed by atoms with E-state index in [0.717, 1.165) is 16.0 Å². The molecule has 1 heterocycles.